The molecule has 90 heavy (non-hydrogen) atoms. The monoisotopic (exact) mass is 1170 g/mol. The first-order chi connectivity index (χ1) is 44.5. The number of nitrogens with zero attached hydrogens (tertiary/aromatic N) is 6. The Balaban J connectivity index is 0.806. The third-order valence-electron chi connectivity index (χ3n) is 17.7. The fourth-order valence-electron chi connectivity index (χ4n) is 13.3. The molecule has 0 atom stereocenters. The Morgan fingerprint density at radius 1 is 0.289 bits per heavy atom. The van der Waals surface area contributed by atoms with Gasteiger partial charge in [0.1, 0.15) is 11.2 Å². The largest absolute Gasteiger partial charge is 0.456 e. The molecule has 0 aliphatic rings. The second-order valence-corrected chi connectivity index (χ2v) is 26.1. The Hall–Kier alpha value is -11.6. The minimum Gasteiger partial charge on any atom is -0.456 e. The number of furan rings is 1. The van der Waals surface area contributed by atoms with Gasteiger partial charge in [-0.05, 0) is 130 Å². The number of hydrogen-bond donors (Lipinski definition) is 0. The zero-order valence-electron chi connectivity index (χ0n) is 48.8. The van der Waals surface area contributed by atoms with Crippen LogP contribution in [0.15, 0.2) is 326 Å². The molecule has 8 heteroatoms. The lowest BCUT2D eigenvalue weighted by molar-refractivity contribution is 0.669. The van der Waals surface area contributed by atoms with Crippen molar-refractivity contribution in [1.82, 2.24) is 24.1 Å². The molecule has 0 radical (unpaired) electrons. The van der Waals surface area contributed by atoms with Crippen LogP contribution in [0, 0.1) is 0 Å². The Morgan fingerprint density at radius 2 is 0.711 bits per heavy atom. The molecule has 0 spiro atoms. The molecule has 13 aromatic carbocycles. The van der Waals surface area contributed by atoms with E-state index in [2.05, 4.69) is 263 Å². The lowest BCUT2D eigenvalue weighted by Gasteiger charge is -2.27. The van der Waals surface area contributed by atoms with Crippen molar-refractivity contribution in [2.45, 2.75) is 0 Å². The molecule has 0 saturated carbocycles. The summed E-state index contributed by atoms with van der Waals surface area (Å²) in [6, 6.07) is 114. The van der Waals surface area contributed by atoms with Crippen LogP contribution in [0.25, 0.3) is 122 Å². The maximum Gasteiger partial charge on any atom is 0.238 e. The van der Waals surface area contributed by atoms with Gasteiger partial charge in [0, 0.05) is 66.2 Å². The van der Waals surface area contributed by atoms with Gasteiger partial charge in [-0.15, -0.1) is 0 Å². The van der Waals surface area contributed by atoms with Crippen LogP contribution in [0.4, 0.5) is 17.1 Å². The molecule has 0 amide bonds. The molecule has 4 heterocycles. The molecule has 17 rings (SSSR count). The first-order valence-corrected chi connectivity index (χ1v) is 32.3. The van der Waals surface area contributed by atoms with E-state index in [1.54, 1.807) is 0 Å². The van der Waals surface area contributed by atoms with Gasteiger partial charge >= 0.3 is 0 Å². The van der Waals surface area contributed by atoms with Crippen LogP contribution in [-0.4, -0.2) is 30.4 Å². The van der Waals surface area contributed by atoms with Gasteiger partial charge in [0.15, 0.2) is 11.6 Å². The molecule has 7 nitrogen and oxygen atoms in total. The number of hydrogen-bond acceptors (Lipinski definition) is 5. The van der Waals surface area contributed by atoms with E-state index in [9.17, 15) is 0 Å². The highest BCUT2D eigenvalue weighted by Gasteiger charge is 2.25. The smallest absolute Gasteiger partial charge is 0.238 e. The molecule has 4 aromatic heterocycles. The third-order valence-corrected chi connectivity index (χ3v) is 21.3. The number of rotatable bonds is 12. The van der Waals surface area contributed by atoms with Gasteiger partial charge in [-0.25, -0.2) is 4.98 Å². The molecule has 424 valence electrons. The highest BCUT2D eigenvalue weighted by molar-refractivity contribution is 7.93. The van der Waals surface area contributed by atoms with E-state index in [-0.39, 0.29) is 0 Å². The van der Waals surface area contributed by atoms with Crippen molar-refractivity contribution in [2.75, 3.05) is 4.90 Å². The second-order valence-electron chi connectivity index (χ2n) is 22.9. The minimum absolute atomic E-state index is 0.518. The summed E-state index contributed by atoms with van der Waals surface area (Å²) in [6.07, 6.45) is 5.02. The van der Waals surface area contributed by atoms with Crippen molar-refractivity contribution in [3.05, 3.63) is 322 Å². The number of anilines is 3. The highest BCUT2D eigenvalue weighted by atomic mass is 31.2. The topological polar surface area (TPSA) is 64.9 Å². The summed E-state index contributed by atoms with van der Waals surface area (Å²) >= 11 is 0. The van der Waals surface area contributed by atoms with Crippen LogP contribution in [0.2, 0.25) is 0 Å². The molecule has 0 saturated heterocycles. The zero-order valence-corrected chi connectivity index (χ0v) is 49.7. The van der Waals surface area contributed by atoms with E-state index in [0.717, 1.165) is 99.9 Å². The average Bonchev–Trinajstić information content (AvgIpc) is 1.74. The van der Waals surface area contributed by atoms with Gasteiger partial charge in [-0.3, -0.25) is 4.57 Å². The molecule has 0 N–H and O–H groups in total. The van der Waals surface area contributed by atoms with Crippen LogP contribution in [0.1, 0.15) is 0 Å². The summed E-state index contributed by atoms with van der Waals surface area (Å²) in [4.78, 5) is 18.1. The second kappa shape index (κ2) is 21.7. The van der Waals surface area contributed by atoms with Crippen LogP contribution >= 0.6 is 6.89 Å². The van der Waals surface area contributed by atoms with Crippen LogP contribution in [-0.2, 0) is 0 Å². The van der Waals surface area contributed by atoms with Crippen LogP contribution < -0.4 is 20.8 Å². The molecular weight excluding hydrogens is 1120 g/mol. The van der Waals surface area contributed by atoms with E-state index in [4.69, 9.17) is 25.7 Å². The molecule has 0 unspecified atom stereocenters. The summed E-state index contributed by atoms with van der Waals surface area (Å²) < 4.78 is 11.2. The first-order valence-electron chi connectivity index (χ1n) is 30.3. The lowest BCUT2D eigenvalue weighted by Crippen LogP contribution is -2.25. The first kappa shape index (κ1) is 52.7. The zero-order chi connectivity index (χ0) is 59.7. The predicted molar refractivity (Wildman–Crippen MR) is 378 cm³/mol. The van der Waals surface area contributed by atoms with E-state index in [1.165, 1.54) is 37.7 Å². The van der Waals surface area contributed by atoms with Gasteiger partial charge in [-0.2, -0.15) is 9.97 Å². The van der Waals surface area contributed by atoms with Crippen molar-refractivity contribution < 1.29 is 4.42 Å². The molecule has 0 fully saturated rings. The van der Waals surface area contributed by atoms with E-state index in [0.29, 0.717) is 17.6 Å². The molecule has 0 aliphatic heterocycles. The Labute approximate surface area is 520 Å². The summed E-state index contributed by atoms with van der Waals surface area (Å²) in [7, 11) is 0. The number of para-hydroxylation sites is 3. The van der Waals surface area contributed by atoms with Gasteiger partial charge in [-0.1, -0.05) is 243 Å². The Morgan fingerprint density at radius 3 is 1.26 bits per heavy atom. The van der Waals surface area contributed by atoms with Crippen LogP contribution in [0.5, 0.6) is 0 Å². The standard InChI is InChI=1S/C82H55N6OP/c1-90(65-24-10-4-11-25-65,66-26-12-5-13-27-66)67-49-40-58(41-50-67)57-36-44-62(45-37-57)86(61-42-34-55(35-43-61)56-38-46-63(47-39-56)87-74-31-17-14-28-68(74)69-29-15-18-32-75(69)87)64-48-51-76-71(52-64)72-54-79-73(70-30-16-19-33-78(70)89-79)53-77(72)88(76)82-84-80(59-20-6-2-7-21-59)83-81(85-82)60-22-8-3-9-23-60/h2-54H,1H2. The summed E-state index contributed by atoms with van der Waals surface area (Å²) in [5, 5.41) is 10.3. The Kier molecular flexibility index (Phi) is 12.7. The summed E-state index contributed by atoms with van der Waals surface area (Å²) in [5.41, 5.74) is 16.3. The Bertz CT molecular complexity index is 5430. The van der Waals surface area contributed by atoms with Gasteiger partial charge < -0.3 is 13.9 Å². The number of benzene rings is 13. The maximum atomic E-state index is 6.65. The fraction of sp³-hybridized carbons (Fsp3) is 0. The van der Waals surface area contributed by atoms with E-state index >= 15 is 0 Å². The quantitative estimate of drug-likeness (QED) is 0.114. The van der Waals surface area contributed by atoms with Gasteiger partial charge in [0.05, 0.1) is 22.1 Å². The fourth-order valence-corrected chi connectivity index (χ4v) is 16.2. The summed E-state index contributed by atoms with van der Waals surface area (Å²) in [6.45, 7) is -2.15. The normalized spacial score (nSPS) is 11.8. The van der Waals surface area contributed by atoms with E-state index < -0.39 is 6.89 Å². The van der Waals surface area contributed by atoms with Gasteiger partial charge in [0.25, 0.3) is 0 Å². The van der Waals surface area contributed by atoms with Crippen molar-refractivity contribution in [3.8, 4) is 56.7 Å². The lowest BCUT2D eigenvalue weighted by atomic mass is 10.0. The molecule has 17 aromatic rings. The highest BCUT2D eigenvalue weighted by Crippen LogP contribution is 2.45. The third kappa shape index (κ3) is 8.93. The average molecular weight is 1170 g/mol. The number of fused-ring (bicyclic) bond motifs is 9. The molecule has 0 aliphatic carbocycles. The SMILES string of the molecule is C=P(c1ccccc1)(c1ccccc1)c1ccc(-c2ccc(N(c3ccc(-c4ccc(-n5c6ccccc6c6ccccc65)cc4)cc3)c3ccc4c(c3)c3cc5oc6ccccc6c5cc3n4-c3nc(-c4ccccc4)nc(-c4ccccc4)n3)cc2)cc1. The summed E-state index contributed by atoms with van der Waals surface area (Å²) in [5.74, 6) is 1.69. The van der Waals surface area contributed by atoms with Gasteiger partial charge in [0.2, 0.25) is 5.95 Å². The van der Waals surface area contributed by atoms with Crippen LogP contribution in [0.3, 0.4) is 0 Å². The minimum atomic E-state index is -2.15. The van der Waals surface area contributed by atoms with Crippen molar-refractivity contribution >= 4 is 112 Å². The predicted octanol–water partition coefficient (Wildman–Crippen LogP) is 19.8. The molecule has 0 bridgehead atoms. The number of aromatic nitrogens is 5. The van der Waals surface area contributed by atoms with Crippen molar-refractivity contribution in [1.29, 1.82) is 0 Å². The van der Waals surface area contributed by atoms with Crippen molar-refractivity contribution in [3.63, 3.8) is 0 Å². The molecular formula is C82H55N6OP. The van der Waals surface area contributed by atoms with Crippen molar-refractivity contribution in [2.24, 2.45) is 0 Å². The van der Waals surface area contributed by atoms with E-state index in [1.807, 2.05) is 72.8 Å². The maximum absolute atomic E-state index is 6.65.